The number of carbonyl (C=O) groups is 1. The van der Waals surface area contributed by atoms with Crippen molar-refractivity contribution in [1.82, 2.24) is 4.57 Å². The Hall–Kier alpha value is -2.06. The smallest absolute Gasteiger partial charge is 0.152 e. The molecule has 0 aliphatic heterocycles. The van der Waals surface area contributed by atoms with E-state index in [1.165, 1.54) is 0 Å². The van der Waals surface area contributed by atoms with Crippen LogP contribution in [0.5, 0.6) is 0 Å². The van der Waals surface area contributed by atoms with Crippen LogP contribution in [0.2, 0.25) is 5.02 Å². The minimum absolute atomic E-state index is 0.689. The summed E-state index contributed by atoms with van der Waals surface area (Å²) in [5, 5.41) is 1.65. The van der Waals surface area contributed by atoms with Crippen molar-refractivity contribution in [2.45, 2.75) is 6.54 Å². The Morgan fingerprint density at radius 1 is 1.32 bits per heavy atom. The van der Waals surface area contributed by atoms with Crippen LogP contribution in [-0.2, 0) is 6.54 Å². The van der Waals surface area contributed by atoms with Crippen LogP contribution < -0.4 is 0 Å². The lowest BCUT2D eigenvalue weighted by molar-refractivity contribution is 0.112. The molecule has 0 atom stereocenters. The fourth-order valence-corrected chi connectivity index (χ4v) is 2.48. The highest BCUT2D eigenvalue weighted by Gasteiger charge is 2.07. The molecular weight excluding hydrogens is 258 g/mol. The summed E-state index contributed by atoms with van der Waals surface area (Å²) >= 11 is 5.99. The molecule has 93 valence electrons. The Morgan fingerprint density at radius 3 is 3.00 bits per heavy atom. The third-order valence-electron chi connectivity index (χ3n) is 3.13. The van der Waals surface area contributed by atoms with Crippen LogP contribution in [0, 0.1) is 6.07 Å². The second-order valence-electron chi connectivity index (χ2n) is 4.40. The highest BCUT2D eigenvalue weighted by atomic mass is 35.5. The van der Waals surface area contributed by atoms with E-state index >= 15 is 0 Å². The molecule has 0 fully saturated rings. The van der Waals surface area contributed by atoms with Crippen LogP contribution in [0.1, 0.15) is 15.9 Å². The Balaban J connectivity index is 2.08. The zero-order chi connectivity index (χ0) is 13.2. The van der Waals surface area contributed by atoms with Crippen LogP contribution in [0.3, 0.4) is 0 Å². The third kappa shape index (κ3) is 2.27. The first-order valence-electron chi connectivity index (χ1n) is 5.96. The molecule has 0 aliphatic carbocycles. The van der Waals surface area contributed by atoms with Gasteiger partial charge in [-0.25, -0.2) is 0 Å². The Kier molecular flexibility index (Phi) is 3.10. The van der Waals surface area contributed by atoms with Gasteiger partial charge < -0.3 is 4.57 Å². The maximum absolute atomic E-state index is 11.1. The van der Waals surface area contributed by atoms with Gasteiger partial charge in [-0.2, -0.15) is 0 Å². The highest BCUT2D eigenvalue weighted by molar-refractivity contribution is 6.30. The number of hydrogen-bond acceptors (Lipinski definition) is 1. The number of halogens is 1. The van der Waals surface area contributed by atoms with E-state index in [2.05, 4.69) is 10.6 Å². The molecule has 2 aromatic carbocycles. The summed E-state index contributed by atoms with van der Waals surface area (Å²) in [6.07, 6.45) is 2.75. The molecule has 0 N–H and O–H groups in total. The highest BCUT2D eigenvalue weighted by Crippen LogP contribution is 2.21. The summed E-state index contributed by atoms with van der Waals surface area (Å²) in [4.78, 5) is 11.1. The van der Waals surface area contributed by atoms with Crippen molar-refractivity contribution in [1.29, 1.82) is 0 Å². The summed E-state index contributed by atoms with van der Waals surface area (Å²) in [5.41, 5.74) is 2.82. The average Bonchev–Trinajstić information content (AvgIpc) is 2.77. The molecule has 3 aromatic rings. The number of hydrogen-bond donors (Lipinski definition) is 0. The van der Waals surface area contributed by atoms with E-state index in [-0.39, 0.29) is 0 Å². The Labute approximate surface area is 116 Å². The van der Waals surface area contributed by atoms with Gasteiger partial charge in [0.05, 0.1) is 0 Å². The lowest BCUT2D eigenvalue weighted by Crippen LogP contribution is -1.97. The van der Waals surface area contributed by atoms with Gasteiger partial charge in [0.2, 0.25) is 0 Å². The predicted molar refractivity (Wildman–Crippen MR) is 76.7 cm³/mol. The molecule has 0 saturated heterocycles. The first-order chi connectivity index (χ1) is 9.28. The number of fused-ring (bicyclic) bond motifs is 1. The Morgan fingerprint density at radius 2 is 2.21 bits per heavy atom. The molecule has 1 heterocycles. The molecule has 0 bridgehead atoms. The van der Waals surface area contributed by atoms with Crippen molar-refractivity contribution < 1.29 is 4.79 Å². The number of nitrogens with zero attached hydrogens (tertiary/aromatic N) is 1. The predicted octanol–water partition coefficient (Wildman–Crippen LogP) is 3.96. The van der Waals surface area contributed by atoms with Gasteiger partial charge in [0, 0.05) is 34.2 Å². The number of carbonyl (C=O) groups excluding carboxylic acids is 1. The van der Waals surface area contributed by atoms with Crippen LogP contribution in [0.4, 0.5) is 0 Å². The molecule has 19 heavy (non-hydrogen) atoms. The topological polar surface area (TPSA) is 22.0 Å². The van der Waals surface area contributed by atoms with Crippen molar-refractivity contribution in [2.24, 2.45) is 0 Å². The summed E-state index contributed by atoms with van der Waals surface area (Å²) in [7, 11) is 0. The SMILES string of the molecule is O=Cc1cn(Cc2cccc(Cl)c2)c2cc[c]cc12. The summed E-state index contributed by atoms with van der Waals surface area (Å²) in [6, 6.07) is 16.4. The molecule has 0 saturated carbocycles. The number of aldehydes is 1. The third-order valence-corrected chi connectivity index (χ3v) is 3.36. The minimum Gasteiger partial charge on any atom is -0.342 e. The van der Waals surface area contributed by atoms with Gasteiger partial charge in [-0.1, -0.05) is 29.8 Å². The summed E-state index contributed by atoms with van der Waals surface area (Å²) in [6.45, 7) is 0.689. The van der Waals surface area contributed by atoms with Crippen LogP contribution in [0.25, 0.3) is 10.9 Å². The summed E-state index contributed by atoms with van der Waals surface area (Å²) < 4.78 is 2.05. The van der Waals surface area contributed by atoms with Crippen LogP contribution >= 0.6 is 11.6 Å². The van der Waals surface area contributed by atoms with Gasteiger partial charge in [-0.3, -0.25) is 4.79 Å². The fraction of sp³-hybridized carbons (Fsp3) is 0.0625. The van der Waals surface area contributed by atoms with Gasteiger partial charge in [-0.15, -0.1) is 0 Å². The number of benzene rings is 2. The second kappa shape index (κ2) is 4.90. The summed E-state index contributed by atoms with van der Waals surface area (Å²) in [5.74, 6) is 0. The quantitative estimate of drug-likeness (QED) is 0.659. The number of aromatic nitrogens is 1. The van der Waals surface area contributed by atoms with E-state index in [4.69, 9.17) is 11.6 Å². The lowest BCUT2D eigenvalue weighted by atomic mass is 10.2. The first-order valence-corrected chi connectivity index (χ1v) is 6.34. The van der Waals surface area contributed by atoms with Crippen molar-refractivity contribution in [3.8, 4) is 0 Å². The van der Waals surface area contributed by atoms with E-state index in [0.717, 1.165) is 27.8 Å². The van der Waals surface area contributed by atoms with Crippen molar-refractivity contribution in [2.75, 3.05) is 0 Å². The Bertz CT molecular complexity index is 745. The molecule has 0 amide bonds. The van der Waals surface area contributed by atoms with Gasteiger partial charge in [-0.05, 0) is 35.9 Å². The van der Waals surface area contributed by atoms with Gasteiger partial charge in [0.15, 0.2) is 6.29 Å². The monoisotopic (exact) mass is 268 g/mol. The van der Waals surface area contributed by atoms with Crippen molar-refractivity contribution in [3.05, 3.63) is 70.9 Å². The molecule has 2 nitrogen and oxygen atoms in total. The lowest BCUT2D eigenvalue weighted by Gasteiger charge is -2.05. The molecule has 3 rings (SSSR count). The van der Waals surface area contributed by atoms with E-state index in [9.17, 15) is 4.79 Å². The van der Waals surface area contributed by atoms with Crippen LogP contribution in [0.15, 0.2) is 48.7 Å². The standard InChI is InChI=1S/C16H11ClNO/c17-14-5-3-4-12(8-14)9-18-10-13(11-19)15-6-1-2-7-16(15)18/h2-8,10-11H,9H2. The molecule has 0 aliphatic rings. The van der Waals surface area contributed by atoms with E-state index in [1.807, 2.05) is 48.7 Å². The van der Waals surface area contributed by atoms with Crippen molar-refractivity contribution in [3.63, 3.8) is 0 Å². The van der Waals surface area contributed by atoms with E-state index in [1.54, 1.807) is 0 Å². The fourth-order valence-electron chi connectivity index (χ4n) is 2.27. The molecule has 0 unspecified atom stereocenters. The van der Waals surface area contributed by atoms with Gasteiger partial charge in [0.25, 0.3) is 0 Å². The maximum atomic E-state index is 11.1. The van der Waals surface area contributed by atoms with Gasteiger partial charge >= 0.3 is 0 Å². The maximum Gasteiger partial charge on any atom is 0.152 e. The van der Waals surface area contributed by atoms with Gasteiger partial charge in [0.1, 0.15) is 0 Å². The zero-order valence-electron chi connectivity index (χ0n) is 10.1. The molecule has 1 radical (unpaired) electrons. The van der Waals surface area contributed by atoms with Crippen molar-refractivity contribution >= 4 is 28.8 Å². The second-order valence-corrected chi connectivity index (χ2v) is 4.84. The largest absolute Gasteiger partial charge is 0.342 e. The normalized spacial score (nSPS) is 10.8. The first kappa shape index (κ1) is 12.0. The molecule has 3 heteroatoms. The molecule has 0 spiro atoms. The van der Waals surface area contributed by atoms with E-state index < -0.39 is 0 Å². The number of rotatable bonds is 3. The molecule has 1 aromatic heterocycles. The average molecular weight is 269 g/mol. The van der Waals surface area contributed by atoms with E-state index in [0.29, 0.717) is 12.1 Å². The van der Waals surface area contributed by atoms with Crippen LogP contribution in [-0.4, -0.2) is 10.9 Å². The molecular formula is C16H11ClNO. The minimum atomic E-state index is 0.689. The zero-order valence-corrected chi connectivity index (χ0v) is 10.9.